The van der Waals surface area contributed by atoms with Gasteiger partial charge in [0.05, 0.1) is 4.34 Å². The highest BCUT2D eigenvalue weighted by atomic mass is 35.5. The van der Waals surface area contributed by atoms with Crippen molar-refractivity contribution in [2.24, 2.45) is 17.8 Å². The van der Waals surface area contributed by atoms with Crippen LogP contribution in [0.15, 0.2) is 12.1 Å². The van der Waals surface area contributed by atoms with E-state index in [-0.39, 0.29) is 0 Å². The summed E-state index contributed by atoms with van der Waals surface area (Å²) < 4.78 is 0.785. The van der Waals surface area contributed by atoms with E-state index < -0.39 is 0 Å². The fraction of sp³-hybridized carbons (Fsp3) is 0.643. The molecule has 92 valence electrons. The lowest BCUT2D eigenvalue weighted by molar-refractivity contribution is -0.119. The highest BCUT2D eigenvalue weighted by Gasteiger charge is 2.39. The zero-order chi connectivity index (χ0) is 11.8. The molecule has 0 N–H and O–H groups in total. The molecule has 1 aromatic rings. The number of hydrogen-bond donors (Lipinski definition) is 0. The second-order valence-electron chi connectivity index (χ2n) is 5.56. The summed E-state index contributed by atoms with van der Waals surface area (Å²) in [5.41, 5.74) is 0. The molecule has 17 heavy (non-hydrogen) atoms. The molecule has 0 saturated heterocycles. The molecule has 3 heteroatoms. The lowest BCUT2D eigenvalue weighted by atomic mass is 9.85. The zero-order valence-electron chi connectivity index (χ0n) is 9.82. The van der Waals surface area contributed by atoms with Crippen LogP contribution in [0.1, 0.15) is 37.0 Å². The molecule has 1 heterocycles. The fourth-order valence-electron chi connectivity index (χ4n) is 3.63. The van der Waals surface area contributed by atoms with Crippen molar-refractivity contribution < 1.29 is 4.79 Å². The average molecular weight is 269 g/mol. The molecule has 0 aromatic carbocycles. The quantitative estimate of drug-likeness (QED) is 0.794. The Balaban J connectivity index is 1.54. The molecule has 0 aliphatic heterocycles. The summed E-state index contributed by atoms with van der Waals surface area (Å²) >= 11 is 7.41. The third-order valence-corrected chi connectivity index (χ3v) is 5.61. The Morgan fingerprint density at radius 2 is 2.24 bits per heavy atom. The molecule has 1 nitrogen and oxygen atoms in total. The Morgan fingerprint density at radius 1 is 1.35 bits per heavy atom. The van der Waals surface area contributed by atoms with Crippen LogP contribution in [0, 0.1) is 17.8 Å². The van der Waals surface area contributed by atoms with Crippen LogP contribution in [-0.4, -0.2) is 5.78 Å². The minimum atomic E-state index is 0.404. The normalized spacial score (nSPS) is 31.0. The first-order valence-electron chi connectivity index (χ1n) is 6.46. The second kappa shape index (κ2) is 4.74. The van der Waals surface area contributed by atoms with Crippen molar-refractivity contribution in [3.8, 4) is 0 Å². The Bertz CT molecular complexity index is 426. The van der Waals surface area contributed by atoms with Crippen molar-refractivity contribution in [2.75, 3.05) is 0 Å². The van der Waals surface area contributed by atoms with E-state index in [2.05, 4.69) is 0 Å². The molecule has 3 unspecified atom stereocenters. The van der Waals surface area contributed by atoms with E-state index in [1.807, 2.05) is 12.1 Å². The van der Waals surface area contributed by atoms with Gasteiger partial charge < -0.3 is 0 Å². The van der Waals surface area contributed by atoms with Gasteiger partial charge >= 0.3 is 0 Å². The van der Waals surface area contributed by atoms with Crippen LogP contribution in [0.25, 0.3) is 0 Å². The van der Waals surface area contributed by atoms with E-state index >= 15 is 0 Å². The van der Waals surface area contributed by atoms with E-state index in [9.17, 15) is 4.79 Å². The van der Waals surface area contributed by atoms with Gasteiger partial charge in [-0.15, -0.1) is 11.3 Å². The summed E-state index contributed by atoms with van der Waals surface area (Å²) in [4.78, 5) is 13.1. The van der Waals surface area contributed by atoms with Crippen LogP contribution in [0.2, 0.25) is 4.34 Å². The highest BCUT2D eigenvalue weighted by molar-refractivity contribution is 7.16. The Kier molecular flexibility index (Phi) is 3.27. The van der Waals surface area contributed by atoms with E-state index in [1.165, 1.54) is 37.0 Å². The molecule has 2 aliphatic rings. The van der Waals surface area contributed by atoms with Crippen molar-refractivity contribution in [3.63, 3.8) is 0 Å². The maximum absolute atomic E-state index is 12.0. The first-order chi connectivity index (χ1) is 8.20. The first kappa shape index (κ1) is 11.7. The third-order valence-electron chi connectivity index (χ3n) is 4.37. The molecule has 3 rings (SSSR count). The van der Waals surface area contributed by atoms with Gasteiger partial charge in [0.2, 0.25) is 0 Å². The molecular weight excluding hydrogens is 252 g/mol. The lowest BCUT2D eigenvalue weighted by Crippen LogP contribution is -2.16. The summed E-state index contributed by atoms with van der Waals surface area (Å²) in [5.74, 6) is 2.89. The van der Waals surface area contributed by atoms with Crippen LogP contribution >= 0.6 is 22.9 Å². The monoisotopic (exact) mass is 268 g/mol. The number of ketones is 1. The van der Waals surface area contributed by atoms with Gasteiger partial charge in [-0.25, -0.2) is 0 Å². The standard InChI is InChI=1S/C14H17ClOS/c15-14-4-3-13(17-14)8-12(16)7-11-6-9-1-2-10(11)5-9/h3-4,9-11H,1-2,5-8H2. The Labute approximate surface area is 111 Å². The van der Waals surface area contributed by atoms with Crippen LogP contribution in [0.3, 0.4) is 0 Å². The van der Waals surface area contributed by atoms with Crippen LogP contribution in [0.5, 0.6) is 0 Å². The topological polar surface area (TPSA) is 17.1 Å². The minimum absolute atomic E-state index is 0.404. The molecule has 2 bridgehead atoms. The smallest absolute Gasteiger partial charge is 0.138 e. The summed E-state index contributed by atoms with van der Waals surface area (Å²) in [5, 5.41) is 0. The largest absolute Gasteiger partial charge is 0.299 e. The van der Waals surface area contributed by atoms with Gasteiger partial charge in [-0.1, -0.05) is 18.0 Å². The van der Waals surface area contributed by atoms with Crippen molar-refractivity contribution >= 4 is 28.7 Å². The van der Waals surface area contributed by atoms with Gasteiger partial charge in [-0.05, 0) is 49.1 Å². The number of fused-ring (bicyclic) bond motifs is 2. The molecule has 1 aromatic heterocycles. The maximum atomic E-state index is 12.0. The summed E-state index contributed by atoms with van der Waals surface area (Å²) in [6.45, 7) is 0. The predicted octanol–water partition coefficient (Wildman–Crippen LogP) is 4.34. The van der Waals surface area contributed by atoms with Crippen LogP contribution in [0.4, 0.5) is 0 Å². The molecule has 0 amide bonds. The zero-order valence-corrected chi connectivity index (χ0v) is 11.4. The van der Waals surface area contributed by atoms with Crippen molar-refractivity contribution in [1.82, 2.24) is 0 Å². The molecule has 0 spiro atoms. The number of halogens is 1. The number of rotatable bonds is 4. The summed E-state index contributed by atoms with van der Waals surface area (Å²) in [6.07, 6.45) is 6.87. The summed E-state index contributed by atoms with van der Waals surface area (Å²) in [6, 6.07) is 3.86. The predicted molar refractivity (Wildman–Crippen MR) is 71.6 cm³/mol. The van der Waals surface area contributed by atoms with Gasteiger partial charge in [0.1, 0.15) is 5.78 Å². The van der Waals surface area contributed by atoms with E-state index in [1.54, 1.807) is 0 Å². The Hall–Kier alpha value is -0.340. The molecule has 2 aliphatic carbocycles. The lowest BCUT2D eigenvalue weighted by Gasteiger charge is -2.20. The van der Waals surface area contributed by atoms with E-state index in [0.29, 0.717) is 18.1 Å². The molecular formula is C14H17ClOS. The molecule has 2 saturated carbocycles. The first-order valence-corrected chi connectivity index (χ1v) is 7.66. The number of hydrogen-bond acceptors (Lipinski definition) is 2. The van der Waals surface area contributed by atoms with Gasteiger partial charge in [0.15, 0.2) is 0 Å². The molecule has 0 radical (unpaired) electrons. The van der Waals surface area contributed by atoms with Crippen molar-refractivity contribution in [3.05, 3.63) is 21.3 Å². The van der Waals surface area contributed by atoms with Crippen molar-refractivity contribution in [2.45, 2.75) is 38.5 Å². The highest BCUT2D eigenvalue weighted by Crippen LogP contribution is 2.49. The number of carbonyl (C=O) groups excluding carboxylic acids is 1. The molecule has 3 atom stereocenters. The number of thiophene rings is 1. The van der Waals surface area contributed by atoms with Crippen LogP contribution in [-0.2, 0) is 11.2 Å². The van der Waals surface area contributed by atoms with E-state index in [4.69, 9.17) is 11.6 Å². The Morgan fingerprint density at radius 3 is 2.82 bits per heavy atom. The summed E-state index contributed by atoms with van der Waals surface area (Å²) in [7, 11) is 0. The van der Waals surface area contributed by atoms with Crippen molar-refractivity contribution in [1.29, 1.82) is 0 Å². The van der Waals surface area contributed by atoms with Gasteiger partial charge in [-0.3, -0.25) is 4.79 Å². The van der Waals surface area contributed by atoms with Gasteiger partial charge in [0.25, 0.3) is 0 Å². The van der Waals surface area contributed by atoms with E-state index in [0.717, 1.165) is 27.5 Å². The van der Waals surface area contributed by atoms with Gasteiger partial charge in [0, 0.05) is 17.7 Å². The number of carbonyl (C=O) groups is 1. The number of Topliss-reactive ketones (excluding diaryl/α,β-unsaturated/α-hetero) is 1. The molecule has 2 fully saturated rings. The maximum Gasteiger partial charge on any atom is 0.138 e. The third kappa shape index (κ3) is 2.58. The fourth-order valence-corrected chi connectivity index (χ4v) is 4.75. The average Bonchev–Trinajstić information content (AvgIpc) is 2.95. The van der Waals surface area contributed by atoms with Crippen LogP contribution < -0.4 is 0 Å². The second-order valence-corrected chi connectivity index (χ2v) is 7.36. The minimum Gasteiger partial charge on any atom is -0.299 e. The SMILES string of the molecule is O=C(Cc1ccc(Cl)s1)CC1CC2CCC1C2. The van der Waals surface area contributed by atoms with Gasteiger partial charge in [-0.2, -0.15) is 0 Å².